The van der Waals surface area contributed by atoms with Crippen molar-refractivity contribution in [2.24, 2.45) is 5.92 Å². The Kier molecular flexibility index (Phi) is 11.9. The summed E-state index contributed by atoms with van der Waals surface area (Å²) in [6.45, 7) is 4.51. The van der Waals surface area contributed by atoms with Crippen molar-refractivity contribution >= 4 is 56.0 Å². The van der Waals surface area contributed by atoms with E-state index in [1.165, 1.54) is 22.1 Å². The van der Waals surface area contributed by atoms with Crippen LogP contribution in [0.5, 0.6) is 5.75 Å². The van der Waals surface area contributed by atoms with E-state index in [0.717, 1.165) is 49.7 Å². The molecule has 0 bridgehead atoms. The van der Waals surface area contributed by atoms with Crippen LogP contribution < -0.4 is 14.4 Å². The van der Waals surface area contributed by atoms with Crippen LogP contribution in [0.4, 0.5) is 5.69 Å². The predicted molar refractivity (Wildman–Crippen MR) is 195 cm³/mol. The number of carbonyl (C=O) groups excluding carboxylic acids is 1. The van der Waals surface area contributed by atoms with E-state index in [1.807, 2.05) is 35.7 Å². The minimum atomic E-state index is -4.01. The zero-order valence-corrected chi connectivity index (χ0v) is 29.6. The number of fused-ring (bicyclic) bond motifs is 1. The maximum absolute atomic E-state index is 14.1. The molecule has 1 atom stereocenters. The number of rotatable bonds is 17. The van der Waals surface area contributed by atoms with Gasteiger partial charge in [-0.3, -0.25) is 9.10 Å². The second kappa shape index (κ2) is 16.4. The van der Waals surface area contributed by atoms with Crippen molar-refractivity contribution in [2.75, 3.05) is 68.9 Å². The highest BCUT2D eigenvalue weighted by molar-refractivity contribution is 7.99. The van der Waals surface area contributed by atoms with Crippen molar-refractivity contribution in [3.63, 3.8) is 0 Å². The number of sulfonamides is 1. The first kappa shape index (κ1) is 34.6. The molecule has 2 fully saturated rings. The van der Waals surface area contributed by atoms with E-state index in [4.69, 9.17) is 9.47 Å². The number of carbonyl (C=O) groups is 1. The highest BCUT2D eigenvalue weighted by atomic mass is 32.2. The fraction of sp³-hybridized carbons (Fsp3) is 0.429. The molecule has 2 aliphatic rings. The van der Waals surface area contributed by atoms with E-state index in [9.17, 15) is 13.2 Å². The van der Waals surface area contributed by atoms with Crippen molar-refractivity contribution in [3.05, 3.63) is 84.2 Å². The molecule has 2 N–H and O–H groups in total. The number of ether oxygens (including phenoxy) is 2. The highest BCUT2D eigenvalue weighted by Gasteiger charge is 2.34. The average molecular weight is 710 g/mol. The van der Waals surface area contributed by atoms with Crippen LogP contribution in [0, 0.1) is 5.92 Å². The molecular formula is C35H43N5O5S3. The lowest BCUT2D eigenvalue weighted by Gasteiger charge is -2.30. The van der Waals surface area contributed by atoms with E-state index in [2.05, 4.69) is 44.5 Å². The van der Waals surface area contributed by atoms with Crippen molar-refractivity contribution in [2.45, 2.75) is 28.9 Å². The number of hydrogen-bond acceptors (Lipinski definition) is 9. The summed E-state index contributed by atoms with van der Waals surface area (Å²) in [6, 6.07) is 20.6. The minimum absolute atomic E-state index is 0.0274. The minimum Gasteiger partial charge on any atom is -0.491 e. The van der Waals surface area contributed by atoms with Gasteiger partial charge in [-0.2, -0.15) is 31.9 Å². The number of hydrogen-bond donors (Lipinski definition) is 2. The predicted octanol–water partition coefficient (Wildman–Crippen LogP) is 5.27. The number of thioether (sulfide) groups is 2. The Balaban J connectivity index is 1.26. The molecule has 3 heterocycles. The molecule has 1 aliphatic carbocycles. The van der Waals surface area contributed by atoms with Gasteiger partial charge in [-0.05, 0) is 48.6 Å². The maximum Gasteiger partial charge on any atom is 0.281 e. The molecule has 1 aliphatic heterocycles. The zero-order valence-electron chi connectivity index (χ0n) is 27.2. The molecule has 256 valence electrons. The third kappa shape index (κ3) is 9.06. The quantitative estimate of drug-likeness (QED) is 0.142. The third-order valence-corrected chi connectivity index (χ3v) is 12.4. The summed E-state index contributed by atoms with van der Waals surface area (Å²) >= 11 is 3.85. The maximum atomic E-state index is 14.1. The monoisotopic (exact) mass is 709 g/mol. The Morgan fingerprint density at radius 3 is 2.62 bits per heavy atom. The van der Waals surface area contributed by atoms with E-state index < -0.39 is 10.0 Å². The van der Waals surface area contributed by atoms with Gasteiger partial charge < -0.3 is 24.7 Å². The van der Waals surface area contributed by atoms with Crippen LogP contribution in [0.15, 0.2) is 78.0 Å². The number of nitrogens with zero attached hydrogens (tertiary/aromatic N) is 3. The molecule has 1 amide bonds. The van der Waals surface area contributed by atoms with Gasteiger partial charge in [-0.25, -0.2) is 4.98 Å². The lowest BCUT2D eigenvalue weighted by Crippen LogP contribution is -2.42. The molecule has 1 saturated heterocycles. The molecule has 13 heteroatoms. The smallest absolute Gasteiger partial charge is 0.281 e. The van der Waals surface area contributed by atoms with Crippen LogP contribution >= 0.6 is 23.5 Å². The number of pyridine rings is 1. The molecule has 0 spiro atoms. The van der Waals surface area contributed by atoms with Crippen molar-refractivity contribution in [3.8, 4) is 5.75 Å². The van der Waals surface area contributed by atoms with Gasteiger partial charge in [-0.15, -0.1) is 0 Å². The van der Waals surface area contributed by atoms with E-state index in [1.54, 1.807) is 31.4 Å². The largest absolute Gasteiger partial charge is 0.491 e. The SMILES string of the molecule is COCCOc1cc(N(CC2CC2)S(=O)(=O)c2ccccn2)c2[nH]c(C(=O)NCC(CN3CCSCC3)SCc3ccccc3)cc2c1. The number of aromatic amines is 1. The Labute approximate surface area is 291 Å². The van der Waals surface area contributed by atoms with Gasteiger partial charge in [-0.1, -0.05) is 36.4 Å². The van der Waals surface area contributed by atoms with Crippen LogP contribution in [-0.4, -0.2) is 99.0 Å². The Morgan fingerprint density at radius 2 is 1.90 bits per heavy atom. The molecule has 1 unspecified atom stereocenters. The van der Waals surface area contributed by atoms with Gasteiger partial charge in [0.05, 0.1) is 17.8 Å². The lowest BCUT2D eigenvalue weighted by molar-refractivity contribution is 0.0948. The summed E-state index contributed by atoms with van der Waals surface area (Å²) in [5, 5.41) is 4.04. The molecule has 6 rings (SSSR count). The van der Waals surface area contributed by atoms with Gasteiger partial charge >= 0.3 is 0 Å². The van der Waals surface area contributed by atoms with E-state index in [0.29, 0.717) is 54.3 Å². The second-order valence-electron chi connectivity index (χ2n) is 12.1. The first-order valence-electron chi connectivity index (χ1n) is 16.4. The summed E-state index contributed by atoms with van der Waals surface area (Å²) in [6.07, 6.45) is 3.40. The topological polar surface area (TPSA) is 117 Å². The first-order valence-corrected chi connectivity index (χ1v) is 20.0. The molecule has 2 aromatic carbocycles. The summed E-state index contributed by atoms with van der Waals surface area (Å²) in [7, 11) is -2.41. The average Bonchev–Trinajstić information content (AvgIpc) is 3.84. The fourth-order valence-corrected chi connectivity index (χ4v) is 9.25. The van der Waals surface area contributed by atoms with Crippen LogP contribution in [0.1, 0.15) is 28.9 Å². The number of amides is 1. The lowest BCUT2D eigenvalue weighted by atomic mass is 10.2. The van der Waals surface area contributed by atoms with Crippen molar-refractivity contribution < 1.29 is 22.7 Å². The van der Waals surface area contributed by atoms with E-state index >= 15 is 0 Å². The van der Waals surface area contributed by atoms with Crippen LogP contribution in [-0.2, 0) is 20.5 Å². The number of benzene rings is 2. The number of aromatic nitrogens is 2. The Hall–Kier alpha value is -3.23. The van der Waals surface area contributed by atoms with Crippen LogP contribution in [0.3, 0.4) is 0 Å². The number of nitrogens with one attached hydrogen (secondary N) is 2. The first-order chi connectivity index (χ1) is 23.4. The van der Waals surface area contributed by atoms with Crippen molar-refractivity contribution in [1.82, 2.24) is 20.2 Å². The molecule has 48 heavy (non-hydrogen) atoms. The summed E-state index contributed by atoms with van der Waals surface area (Å²) in [4.78, 5) is 23.7. The number of anilines is 1. The second-order valence-corrected chi connectivity index (χ2v) is 16.4. The van der Waals surface area contributed by atoms with Crippen molar-refractivity contribution in [1.29, 1.82) is 0 Å². The van der Waals surface area contributed by atoms with Gasteiger partial charge in [0.15, 0.2) is 5.03 Å². The van der Waals surface area contributed by atoms with Crippen LogP contribution in [0.25, 0.3) is 10.9 Å². The third-order valence-electron chi connectivity index (χ3n) is 8.45. The van der Waals surface area contributed by atoms with Gasteiger partial charge in [0.2, 0.25) is 0 Å². The van der Waals surface area contributed by atoms with Gasteiger partial charge in [0.25, 0.3) is 15.9 Å². The van der Waals surface area contributed by atoms with Gasteiger partial charge in [0, 0.05) is 80.0 Å². The molecule has 4 aromatic rings. The molecular weight excluding hydrogens is 667 g/mol. The number of methoxy groups -OCH3 is 1. The number of H-pyrrole nitrogens is 1. The van der Waals surface area contributed by atoms with E-state index in [-0.39, 0.29) is 22.1 Å². The van der Waals surface area contributed by atoms with Gasteiger partial charge in [0.1, 0.15) is 18.1 Å². The summed E-state index contributed by atoms with van der Waals surface area (Å²) < 4.78 is 40.7. The zero-order chi connectivity index (χ0) is 33.3. The Bertz CT molecular complexity index is 1750. The molecule has 2 aromatic heterocycles. The van der Waals surface area contributed by atoms with Crippen LogP contribution in [0.2, 0.25) is 0 Å². The molecule has 0 radical (unpaired) electrons. The standard InChI is InChI=1S/C35H43N5O5S3/c1-44-15-16-45-29-19-28-20-31(35(41)37-22-30(24-39-13-17-46-18-14-39)47-25-27-7-3-2-4-8-27)38-34(28)32(21-29)40(23-26-10-11-26)48(42,43)33-9-5-6-12-36-33/h2-9,12,19-21,26,30,38H,10-11,13-18,22-25H2,1H3,(H,37,41). The molecule has 1 saturated carbocycles. The highest BCUT2D eigenvalue weighted by Crippen LogP contribution is 2.39. The summed E-state index contributed by atoms with van der Waals surface area (Å²) in [5.41, 5.74) is 2.61. The molecule has 10 nitrogen and oxygen atoms in total. The fourth-order valence-electron chi connectivity index (χ4n) is 5.65. The normalized spacial score (nSPS) is 16.1. The Morgan fingerprint density at radius 1 is 1.10 bits per heavy atom. The summed E-state index contributed by atoms with van der Waals surface area (Å²) in [5.74, 6) is 3.63.